The standard InChI is InChI=1S/C10H12FNO.ClH/c1-3-9(12)8-6-7(11)4-5-10(8)13-2;/h3-6,9H,1,12H2,2H3;1H/t9-;/m1./s1. The Morgan fingerprint density at radius 3 is 2.71 bits per heavy atom. The van der Waals surface area contributed by atoms with Gasteiger partial charge in [-0.3, -0.25) is 0 Å². The van der Waals surface area contributed by atoms with Gasteiger partial charge in [0.2, 0.25) is 0 Å². The number of halogens is 2. The first kappa shape index (κ1) is 12.9. The minimum absolute atomic E-state index is 0. The van der Waals surface area contributed by atoms with E-state index in [-0.39, 0.29) is 18.2 Å². The van der Waals surface area contributed by atoms with Crippen molar-refractivity contribution in [1.29, 1.82) is 0 Å². The molecule has 2 nitrogen and oxygen atoms in total. The number of rotatable bonds is 3. The number of nitrogens with two attached hydrogens (primary N) is 1. The molecule has 1 atom stereocenters. The molecule has 0 saturated heterocycles. The zero-order valence-electron chi connectivity index (χ0n) is 7.87. The predicted octanol–water partition coefficient (Wildman–Crippen LogP) is 2.44. The van der Waals surface area contributed by atoms with Gasteiger partial charge in [-0.05, 0) is 18.2 Å². The van der Waals surface area contributed by atoms with Crippen molar-refractivity contribution >= 4 is 12.4 Å². The molecule has 14 heavy (non-hydrogen) atoms. The van der Waals surface area contributed by atoms with Crippen LogP contribution in [0.15, 0.2) is 30.9 Å². The van der Waals surface area contributed by atoms with E-state index in [4.69, 9.17) is 10.5 Å². The van der Waals surface area contributed by atoms with Crippen LogP contribution < -0.4 is 10.5 Å². The van der Waals surface area contributed by atoms with Gasteiger partial charge in [0.15, 0.2) is 0 Å². The van der Waals surface area contributed by atoms with Gasteiger partial charge >= 0.3 is 0 Å². The SMILES string of the molecule is C=C[C@@H](N)c1cc(F)ccc1OC.Cl. The van der Waals surface area contributed by atoms with E-state index in [1.165, 1.54) is 25.3 Å². The van der Waals surface area contributed by atoms with Crippen LogP contribution in [0.3, 0.4) is 0 Å². The summed E-state index contributed by atoms with van der Waals surface area (Å²) in [6, 6.07) is 3.84. The molecular weight excluding hydrogens is 205 g/mol. The minimum atomic E-state index is -0.398. The molecule has 0 aliphatic heterocycles. The van der Waals surface area contributed by atoms with E-state index in [0.717, 1.165) is 0 Å². The van der Waals surface area contributed by atoms with Crippen molar-refractivity contribution in [1.82, 2.24) is 0 Å². The Balaban J connectivity index is 0.00000169. The van der Waals surface area contributed by atoms with Crippen molar-refractivity contribution in [2.24, 2.45) is 5.73 Å². The Labute approximate surface area is 89.0 Å². The largest absolute Gasteiger partial charge is 0.496 e. The fourth-order valence-corrected chi connectivity index (χ4v) is 1.09. The second kappa shape index (κ2) is 5.62. The highest BCUT2D eigenvalue weighted by atomic mass is 35.5. The van der Waals surface area contributed by atoms with Crippen LogP contribution in [0.1, 0.15) is 11.6 Å². The number of hydrogen-bond acceptors (Lipinski definition) is 2. The van der Waals surface area contributed by atoms with Crippen LogP contribution in [0.4, 0.5) is 4.39 Å². The molecule has 0 bridgehead atoms. The number of benzene rings is 1. The Morgan fingerprint density at radius 1 is 1.57 bits per heavy atom. The molecule has 0 saturated carbocycles. The first-order chi connectivity index (χ1) is 6.19. The van der Waals surface area contributed by atoms with Crippen molar-refractivity contribution in [2.75, 3.05) is 7.11 Å². The molecule has 1 aromatic rings. The number of methoxy groups -OCH3 is 1. The van der Waals surface area contributed by atoms with E-state index in [2.05, 4.69) is 6.58 Å². The molecule has 78 valence electrons. The lowest BCUT2D eigenvalue weighted by molar-refractivity contribution is 0.407. The highest BCUT2D eigenvalue weighted by Gasteiger charge is 2.09. The summed E-state index contributed by atoms with van der Waals surface area (Å²) >= 11 is 0. The Kier molecular flexibility index (Phi) is 5.20. The van der Waals surface area contributed by atoms with Crippen molar-refractivity contribution in [2.45, 2.75) is 6.04 Å². The highest BCUT2D eigenvalue weighted by molar-refractivity contribution is 5.85. The summed E-state index contributed by atoms with van der Waals surface area (Å²) in [5.41, 5.74) is 6.28. The molecular formula is C10H13ClFNO. The van der Waals surface area contributed by atoms with E-state index in [0.29, 0.717) is 11.3 Å². The van der Waals surface area contributed by atoms with Gasteiger partial charge in [0.05, 0.1) is 13.2 Å². The van der Waals surface area contributed by atoms with Gasteiger partial charge in [-0.1, -0.05) is 6.08 Å². The van der Waals surface area contributed by atoms with Crippen molar-refractivity contribution in [3.05, 3.63) is 42.2 Å². The molecule has 0 spiro atoms. The lowest BCUT2D eigenvalue weighted by atomic mass is 10.1. The van der Waals surface area contributed by atoms with E-state index in [1.54, 1.807) is 6.07 Å². The Hall–Kier alpha value is -1.06. The molecule has 0 radical (unpaired) electrons. The van der Waals surface area contributed by atoms with Crippen LogP contribution in [0.5, 0.6) is 5.75 Å². The van der Waals surface area contributed by atoms with Crippen LogP contribution >= 0.6 is 12.4 Å². The number of ether oxygens (including phenoxy) is 1. The molecule has 0 aliphatic carbocycles. The second-order valence-electron chi connectivity index (χ2n) is 2.65. The second-order valence-corrected chi connectivity index (χ2v) is 2.65. The molecule has 0 unspecified atom stereocenters. The average Bonchev–Trinajstić information content (AvgIpc) is 2.16. The molecule has 0 fully saturated rings. The predicted molar refractivity (Wildman–Crippen MR) is 57.3 cm³/mol. The van der Waals surface area contributed by atoms with Gasteiger partial charge in [-0.25, -0.2) is 4.39 Å². The van der Waals surface area contributed by atoms with Crippen LogP contribution in [0.25, 0.3) is 0 Å². The summed E-state index contributed by atoms with van der Waals surface area (Å²) < 4.78 is 17.9. The third kappa shape index (κ3) is 2.72. The summed E-state index contributed by atoms with van der Waals surface area (Å²) in [5.74, 6) is 0.252. The van der Waals surface area contributed by atoms with Crippen molar-refractivity contribution in [3.63, 3.8) is 0 Å². The van der Waals surface area contributed by atoms with Gasteiger partial charge in [0.1, 0.15) is 11.6 Å². The molecule has 1 aromatic carbocycles. The van der Waals surface area contributed by atoms with Gasteiger partial charge in [-0.2, -0.15) is 0 Å². The molecule has 0 aliphatic rings. The normalized spacial score (nSPS) is 11.4. The Morgan fingerprint density at radius 2 is 2.21 bits per heavy atom. The molecule has 0 aromatic heterocycles. The van der Waals surface area contributed by atoms with Crippen LogP contribution in [0, 0.1) is 5.82 Å². The zero-order valence-corrected chi connectivity index (χ0v) is 8.68. The van der Waals surface area contributed by atoms with E-state index >= 15 is 0 Å². The van der Waals surface area contributed by atoms with Crippen molar-refractivity contribution < 1.29 is 9.13 Å². The van der Waals surface area contributed by atoms with Gasteiger partial charge in [0, 0.05) is 5.56 Å². The fourth-order valence-electron chi connectivity index (χ4n) is 1.09. The van der Waals surface area contributed by atoms with Crippen molar-refractivity contribution in [3.8, 4) is 5.75 Å². The smallest absolute Gasteiger partial charge is 0.124 e. The van der Waals surface area contributed by atoms with Gasteiger partial charge in [-0.15, -0.1) is 19.0 Å². The van der Waals surface area contributed by atoms with Crippen LogP contribution in [0.2, 0.25) is 0 Å². The lowest BCUT2D eigenvalue weighted by Crippen LogP contribution is -2.08. The summed E-state index contributed by atoms with van der Waals surface area (Å²) in [4.78, 5) is 0. The quantitative estimate of drug-likeness (QED) is 0.790. The monoisotopic (exact) mass is 217 g/mol. The Bertz CT molecular complexity index is 317. The first-order valence-electron chi connectivity index (χ1n) is 3.90. The number of hydrogen-bond donors (Lipinski definition) is 1. The lowest BCUT2D eigenvalue weighted by Gasteiger charge is -2.11. The zero-order chi connectivity index (χ0) is 9.84. The average molecular weight is 218 g/mol. The molecule has 2 N–H and O–H groups in total. The van der Waals surface area contributed by atoms with Gasteiger partial charge < -0.3 is 10.5 Å². The van der Waals surface area contributed by atoms with E-state index < -0.39 is 6.04 Å². The molecule has 0 amide bonds. The topological polar surface area (TPSA) is 35.2 Å². The van der Waals surface area contributed by atoms with E-state index in [1.807, 2.05) is 0 Å². The van der Waals surface area contributed by atoms with Gasteiger partial charge in [0.25, 0.3) is 0 Å². The summed E-state index contributed by atoms with van der Waals surface area (Å²) in [5, 5.41) is 0. The third-order valence-electron chi connectivity index (χ3n) is 1.80. The maximum Gasteiger partial charge on any atom is 0.124 e. The highest BCUT2D eigenvalue weighted by Crippen LogP contribution is 2.24. The van der Waals surface area contributed by atoms with E-state index in [9.17, 15) is 4.39 Å². The molecule has 1 rings (SSSR count). The molecule has 4 heteroatoms. The maximum absolute atomic E-state index is 12.8. The molecule has 0 heterocycles. The summed E-state index contributed by atoms with van der Waals surface area (Å²) in [6.45, 7) is 3.54. The summed E-state index contributed by atoms with van der Waals surface area (Å²) in [6.07, 6.45) is 1.54. The third-order valence-corrected chi connectivity index (χ3v) is 1.80. The fraction of sp³-hybridized carbons (Fsp3) is 0.200. The maximum atomic E-state index is 12.8. The first-order valence-corrected chi connectivity index (χ1v) is 3.90. The minimum Gasteiger partial charge on any atom is -0.496 e. The van der Waals surface area contributed by atoms with Crippen LogP contribution in [-0.4, -0.2) is 7.11 Å². The van der Waals surface area contributed by atoms with Crippen LogP contribution in [-0.2, 0) is 0 Å². The summed E-state index contributed by atoms with van der Waals surface area (Å²) in [7, 11) is 1.52.